The van der Waals surface area contributed by atoms with E-state index in [0.717, 1.165) is 18.7 Å². The third-order valence-corrected chi connectivity index (χ3v) is 3.30. The number of hydrogen-bond acceptors (Lipinski definition) is 2. The molecule has 2 aromatic rings. The van der Waals surface area contributed by atoms with Crippen LogP contribution in [0, 0.1) is 0 Å². The molecule has 3 nitrogen and oxygen atoms in total. The summed E-state index contributed by atoms with van der Waals surface area (Å²) in [5.74, 6) is 0.0557. The number of phenols is 1. The highest BCUT2D eigenvalue weighted by Gasteiger charge is 2.02. The second-order valence-corrected chi connectivity index (χ2v) is 5.10. The molecule has 0 aromatic heterocycles. The summed E-state index contributed by atoms with van der Waals surface area (Å²) >= 11 is 11.0. The number of thiocarbonyl (C=S) groups is 1. The predicted octanol–water partition coefficient (Wildman–Crippen LogP) is 3.57. The summed E-state index contributed by atoms with van der Waals surface area (Å²) in [5.41, 5.74) is 2.00. The minimum absolute atomic E-state index is 0.0557. The average molecular weight is 307 g/mol. The number of phenolic OH excluding ortho intramolecular Hbond substituents is 1. The first kappa shape index (κ1) is 14.6. The molecule has 20 heavy (non-hydrogen) atoms. The molecule has 0 aliphatic heterocycles. The van der Waals surface area contributed by atoms with Gasteiger partial charge in [0.25, 0.3) is 0 Å². The molecule has 0 spiro atoms. The summed E-state index contributed by atoms with van der Waals surface area (Å²) < 4.78 is 0. The van der Waals surface area contributed by atoms with Crippen LogP contribution < -0.4 is 10.6 Å². The van der Waals surface area contributed by atoms with E-state index in [1.165, 1.54) is 11.6 Å². The minimum Gasteiger partial charge on any atom is -0.506 e. The van der Waals surface area contributed by atoms with Crippen molar-refractivity contribution in [2.75, 3.05) is 11.9 Å². The van der Waals surface area contributed by atoms with Gasteiger partial charge >= 0.3 is 0 Å². The Morgan fingerprint density at radius 1 is 1.15 bits per heavy atom. The van der Waals surface area contributed by atoms with Crippen LogP contribution in [0.3, 0.4) is 0 Å². The second-order valence-electron chi connectivity index (χ2n) is 4.28. The lowest BCUT2D eigenvalue weighted by atomic mass is 10.1. The van der Waals surface area contributed by atoms with Gasteiger partial charge in [-0.2, -0.15) is 0 Å². The first-order chi connectivity index (χ1) is 9.65. The number of rotatable bonds is 4. The summed E-state index contributed by atoms with van der Waals surface area (Å²) in [6, 6.07) is 15.1. The van der Waals surface area contributed by atoms with Gasteiger partial charge < -0.3 is 15.7 Å². The average Bonchev–Trinajstić information content (AvgIpc) is 2.44. The van der Waals surface area contributed by atoms with Gasteiger partial charge in [0.2, 0.25) is 0 Å². The van der Waals surface area contributed by atoms with Crippen LogP contribution in [0.2, 0.25) is 5.02 Å². The van der Waals surface area contributed by atoms with Gasteiger partial charge in [0.1, 0.15) is 5.75 Å². The Bertz CT molecular complexity index is 590. The molecule has 0 atom stereocenters. The first-order valence-electron chi connectivity index (χ1n) is 6.22. The van der Waals surface area contributed by atoms with Crippen molar-refractivity contribution in [1.82, 2.24) is 5.32 Å². The molecule has 0 amide bonds. The molecular weight excluding hydrogens is 292 g/mol. The van der Waals surface area contributed by atoms with Crippen LogP contribution in [0.25, 0.3) is 0 Å². The molecule has 0 fully saturated rings. The molecule has 5 heteroatoms. The molecule has 2 aromatic carbocycles. The maximum absolute atomic E-state index is 9.34. The van der Waals surface area contributed by atoms with E-state index >= 15 is 0 Å². The van der Waals surface area contributed by atoms with E-state index in [4.69, 9.17) is 23.8 Å². The fourth-order valence-electron chi connectivity index (χ4n) is 1.72. The maximum Gasteiger partial charge on any atom is 0.170 e. The van der Waals surface area contributed by atoms with Crippen molar-refractivity contribution in [3.8, 4) is 5.75 Å². The molecule has 2 rings (SSSR count). The third-order valence-electron chi connectivity index (χ3n) is 2.75. The maximum atomic E-state index is 9.34. The van der Waals surface area contributed by atoms with Crippen LogP contribution in [0.4, 0.5) is 5.69 Å². The summed E-state index contributed by atoms with van der Waals surface area (Å²) in [6.07, 6.45) is 0.902. The van der Waals surface area contributed by atoms with E-state index in [1.54, 1.807) is 12.1 Å². The van der Waals surface area contributed by atoms with Crippen molar-refractivity contribution >= 4 is 34.6 Å². The van der Waals surface area contributed by atoms with Gasteiger partial charge in [-0.15, -0.1) is 0 Å². The van der Waals surface area contributed by atoms with E-state index in [9.17, 15) is 5.11 Å². The van der Waals surface area contributed by atoms with Crippen molar-refractivity contribution in [2.45, 2.75) is 6.42 Å². The van der Waals surface area contributed by atoms with E-state index in [-0.39, 0.29) is 5.75 Å². The normalized spacial score (nSPS) is 10.1. The number of halogens is 1. The van der Waals surface area contributed by atoms with Crippen LogP contribution in [-0.2, 0) is 6.42 Å². The zero-order valence-electron chi connectivity index (χ0n) is 10.8. The Hall–Kier alpha value is -1.78. The Kier molecular flexibility index (Phi) is 5.21. The predicted molar refractivity (Wildman–Crippen MR) is 87.5 cm³/mol. The Balaban J connectivity index is 1.79. The van der Waals surface area contributed by atoms with Gasteiger partial charge in [-0.05, 0) is 42.4 Å². The molecular formula is C15H15ClN2OS. The number of nitrogens with one attached hydrogen (secondary N) is 2. The molecule has 0 aliphatic carbocycles. The number of aromatic hydroxyl groups is 1. The van der Waals surface area contributed by atoms with Crippen LogP contribution in [-0.4, -0.2) is 16.8 Å². The van der Waals surface area contributed by atoms with Crippen molar-refractivity contribution < 1.29 is 5.11 Å². The lowest BCUT2D eigenvalue weighted by Gasteiger charge is -2.11. The summed E-state index contributed by atoms with van der Waals surface area (Å²) in [6.45, 7) is 0.752. The smallest absolute Gasteiger partial charge is 0.170 e. The summed E-state index contributed by atoms with van der Waals surface area (Å²) in [4.78, 5) is 0. The zero-order valence-corrected chi connectivity index (χ0v) is 12.3. The molecule has 104 valence electrons. The monoisotopic (exact) mass is 306 g/mol. The van der Waals surface area contributed by atoms with Crippen molar-refractivity contribution in [3.63, 3.8) is 0 Å². The van der Waals surface area contributed by atoms with Crippen molar-refractivity contribution in [1.29, 1.82) is 0 Å². The van der Waals surface area contributed by atoms with Crippen molar-refractivity contribution in [3.05, 3.63) is 59.1 Å². The van der Waals surface area contributed by atoms with E-state index in [2.05, 4.69) is 22.8 Å². The molecule has 0 aliphatic rings. The molecule has 0 heterocycles. The lowest BCUT2D eigenvalue weighted by molar-refractivity contribution is 0.475. The van der Waals surface area contributed by atoms with Gasteiger partial charge in [-0.25, -0.2) is 0 Å². The molecule has 0 radical (unpaired) electrons. The van der Waals surface area contributed by atoms with E-state index in [1.807, 2.05) is 18.2 Å². The molecule has 0 unspecified atom stereocenters. The fraction of sp³-hybridized carbons (Fsp3) is 0.133. The van der Waals surface area contributed by atoms with Gasteiger partial charge in [0, 0.05) is 12.2 Å². The highest BCUT2D eigenvalue weighted by Crippen LogP contribution is 2.25. The lowest BCUT2D eigenvalue weighted by Crippen LogP contribution is -2.30. The molecule has 0 saturated heterocycles. The summed E-state index contributed by atoms with van der Waals surface area (Å²) in [7, 11) is 0. The fourth-order valence-corrected chi connectivity index (χ4v) is 2.13. The molecule has 3 N–H and O–H groups in total. The highest BCUT2D eigenvalue weighted by molar-refractivity contribution is 7.80. The number of hydrogen-bond donors (Lipinski definition) is 3. The SMILES string of the molecule is Oc1ccc(NC(=S)NCCc2ccccc2)cc1Cl. The highest BCUT2D eigenvalue weighted by atomic mass is 35.5. The van der Waals surface area contributed by atoms with Gasteiger partial charge in [0.05, 0.1) is 5.02 Å². The standard InChI is InChI=1S/C15H15ClN2OS/c16-13-10-12(6-7-14(13)19)18-15(20)17-9-8-11-4-2-1-3-5-11/h1-7,10,19H,8-9H2,(H2,17,18,20). The van der Waals surface area contributed by atoms with Crippen LogP contribution in [0.5, 0.6) is 5.75 Å². The van der Waals surface area contributed by atoms with Crippen LogP contribution in [0.15, 0.2) is 48.5 Å². The summed E-state index contributed by atoms with van der Waals surface area (Å²) in [5, 5.41) is 16.3. The van der Waals surface area contributed by atoms with Crippen LogP contribution >= 0.6 is 23.8 Å². The minimum atomic E-state index is 0.0557. The van der Waals surface area contributed by atoms with Crippen LogP contribution in [0.1, 0.15) is 5.56 Å². The Morgan fingerprint density at radius 2 is 1.90 bits per heavy atom. The zero-order chi connectivity index (χ0) is 14.4. The van der Waals surface area contributed by atoms with E-state index in [0.29, 0.717) is 10.1 Å². The quantitative estimate of drug-likeness (QED) is 0.597. The van der Waals surface area contributed by atoms with Gasteiger partial charge in [0.15, 0.2) is 5.11 Å². The molecule has 0 saturated carbocycles. The number of anilines is 1. The third kappa shape index (κ3) is 4.40. The van der Waals surface area contributed by atoms with E-state index < -0.39 is 0 Å². The van der Waals surface area contributed by atoms with Gasteiger partial charge in [-0.3, -0.25) is 0 Å². The Labute approximate surface area is 128 Å². The Morgan fingerprint density at radius 3 is 2.60 bits per heavy atom. The van der Waals surface area contributed by atoms with Gasteiger partial charge in [-0.1, -0.05) is 41.9 Å². The number of benzene rings is 2. The van der Waals surface area contributed by atoms with Crippen molar-refractivity contribution in [2.24, 2.45) is 0 Å². The second kappa shape index (κ2) is 7.12. The largest absolute Gasteiger partial charge is 0.506 e. The molecule has 0 bridgehead atoms. The first-order valence-corrected chi connectivity index (χ1v) is 7.01. The topological polar surface area (TPSA) is 44.3 Å².